The van der Waals surface area contributed by atoms with E-state index in [4.69, 9.17) is 14.2 Å². The zero-order valence-corrected chi connectivity index (χ0v) is 16.9. The third kappa shape index (κ3) is 5.79. The van der Waals surface area contributed by atoms with Gasteiger partial charge in [-0.3, -0.25) is 9.78 Å². The summed E-state index contributed by atoms with van der Waals surface area (Å²) in [6.07, 6.45) is 6.29. The van der Waals surface area contributed by atoms with E-state index in [0.717, 1.165) is 16.5 Å². The summed E-state index contributed by atoms with van der Waals surface area (Å²) in [5.74, 6) is 1.76. The van der Waals surface area contributed by atoms with Gasteiger partial charge in [-0.1, -0.05) is 22.0 Å². The Morgan fingerprint density at radius 1 is 1.11 bits per heavy atom. The Morgan fingerprint density at radius 2 is 2.00 bits per heavy atom. The fourth-order valence-corrected chi connectivity index (χ4v) is 2.89. The van der Waals surface area contributed by atoms with Crippen LogP contribution in [-0.2, 0) is 11.2 Å². The van der Waals surface area contributed by atoms with Gasteiger partial charge in [0.05, 0.1) is 12.8 Å². The molecular formula is C21H19BrN2O4. The minimum absolute atomic E-state index is 0.366. The van der Waals surface area contributed by atoms with Crippen molar-refractivity contribution in [3.05, 3.63) is 71.1 Å². The summed E-state index contributed by atoms with van der Waals surface area (Å²) >= 11 is 3.42. The van der Waals surface area contributed by atoms with Crippen LogP contribution in [0.3, 0.4) is 0 Å². The first kappa shape index (κ1) is 19.8. The zero-order valence-electron chi connectivity index (χ0n) is 15.3. The number of rotatable bonds is 8. The number of hydrogen-bond acceptors (Lipinski definition) is 6. The van der Waals surface area contributed by atoms with E-state index in [1.807, 2.05) is 36.4 Å². The fraction of sp³-hybridized carbons (Fsp3) is 0.190. The lowest BCUT2D eigenvalue weighted by Gasteiger charge is -2.12. The maximum Gasteiger partial charge on any atom is 0.308 e. The summed E-state index contributed by atoms with van der Waals surface area (Å²) in [6.45, 7) is 1.83. The highest BCUT2D eigenvalue weighted by Crippen LogP contribution is 2.30. The smallest absolute Gasteiger partial charge is 0.308 e. The molecule has 0 amide bonds. The van der Waals surface area contributed by atoms with Crippen molar-refractivity contribution in [3.8, 4) is 23.1 Å². The Labute approximate surface area is 171 Å². The molecule has 6 nitrogen and oxygen atoms in total. The Balaban J connectivity index is 1.58. The van der Waals surface area contributed by atoms with Crippen molar-refractivity contribution < 1.29 is 19.0 Å². The maximum absolute atomic E-state index is 11.2. The Hall–Kier alpha value is -2.93. The van der Waals surface area contributed by atoms with Gasteiger partial charge in [-0.25, -0.2) is 4.98 Å². The molecule has 0 atom stereocenters. The summed E-state index contributed by atoms with van der Waals surface area (Å²) in [6, 6.07) is 13.0. The summed E-state index contributed by atoms with van der Waals surface area (Å²) < 4.78 is 17.8. The van der Waals surface area contributed by atoms with Crippen molar-refractivity contribution in [3.63, 3.8) is 0 Å². The average Bonchev–Trinajstić information content (AvgIpc) is 2.67. The highest BCUT2D eigenvalue weighted by Gasteiger charge is 2.09. The normalized spacial score (nSPS) is 10.4. The van der Waals surface area contributed by atoms with Gasteiger partial charge in [-0.05, 0) is 54.8 Å². The van der Waals surface area contributed by atoms with E-state index in [0.29, 0.717) is 36.2 Å². The second-order valence-electron chi connectivity index (χ2n) is 5.90. The van der Waals surface area contributed by atoms with Crippen LogP contribution in [0.5, 0.6) is 23.1 Å². The third-order valence-corrected chi connectivity index (χ3v) is 4.21. The average molecular weight is 443 g/mol. The van der Waals surface area contributed by atoms with Gasteiger partial charge in [0, 0.05) is 23.8 Å². The van der Waals surface area contributed by atoms with Crippen LogP contribution in [0, 0.1) is 0 Å². The van der Waals surface area contributed by atoms with Gasteiger partial charge in [-0.2, -0.15) is 0 Å². The molecule has 3 aromatic rings. The van der Waals surface area contributed by atoms with Crippen molar-refractivity contribution in [2.45, 2.75) is 19.8 Å². The van der Waals surface area contributed by atoms with Crippen LogP contribution in [0.1, 0.15) is 18.9 Å². The number of aryl methyl sites for hydroxylation is 1. The molecule has 0 aliphatic heterocycles. The van der Waals surface area contributed by atoms with Gasteiger partial charge in [0.15, 0.2) is 11.5 Å². The van der Waals surface area contributed by atoms with E-state index in [1.54, 1.807) is 24.7 Å². The Kier molecular flexibility index (Phi) is 6.97. The number of halogens is 1. The summed E-state index contributed by atoms with van der Waals surface area (Å²) in [5.41, 5.74) is 0.908. The molecule has 0 aliphatic carbocycles. The number of aromatic nitrogens is 2. The van der Waals surface area contributed by atoms with Crippen LogP contribution in [0.15, 0.2) is 65.5 Å². The predicted molar refractivity (Wildman–Crippen MR) is 108 cm³/mol. The summed E-state index contributed by atoms with van der Waals surface area (Å²) in [4.78, 5) is 19.4. The quantitative estimate of drug-likeness (QED) is 0.362. The molecule has 2 aromatic heterocycles. The van der Waals surface area contributed by atoms with Crippen LogP contribution >= 0.6 is 15.9 Å². The van der Waals surface area contributed by atoms with Gasteiger partial charge in [0.1, 0.15) is 5.75 Å². The van der Waals surface area contributed by atoms with Gasteiger partial charge in [-0.15, -0.1) is 0 Å². The van der Waals surface area contributed by atoms with E-state index < -0.39 is 0 Å². The number of hydrogen-bond donors (Lipinski definition) is 0. The molecule has 1 aromatic carbocycles. The lowest BCUT2D eigenvalue weighted by Crippen LogP contribution is -2.06. The lowest BCUT2D eigenvalue weighted by molar-refractivity contribution is -0.131. The van der Waals surface area contributed by atoms with Crippen LogP contribution in [0.2, 0.25) is 0 Å². The second-order valence-corrected chi connectivity index (χ2v) is 6.81. The third-order valence-electron chi connectivity index (χ3n) is 3.72. The molecule has 0 saturated carbocycles. The molecule has 0 saturated heterocycles. The molecule has 2 heterocycles. The van der Waals surface area contributed by atoms with Crippen LogP contribution < -0.4 is 14.2 Å². The molecule has 0 aliphatic rings. The van der Waals surface area contributed by atoms with Crippen molar-refractivity contribution in [1.82, 2.24) is 9.97 Å². The minimum Gasteiger partial charge on any atom is -0.488 e. The van der Waals surface area contributed by atoms with Gasteiger partial charge >= 0.3 is 5.97 Å². The molecule has 0 spiro atoms. The van der Waals surface area contributed by atoms with Crippen molar-refractivity contribution in [2.75, 3.05) is 6.61 Å². The van der Waals surface area contributed by atoms with Crippen molar-refractivity contribution in [1.29, 1.82) is 0 Å². The molecule has 0 N–H and O–H groups in total. The van der Waals surface area contributed by atoms with E-state index >= 15 is 0 Å². The van der Waals surface area contributed by atoms with Gasteiger partial charge < -0.3 is 14.2 Å². The lowest BCUT2D eigenvalue weighted by atomic mass is 10.1. The van der Waals surface area contributed by atoms with Crippen molar-refractivity contribution >= 4 is 21.9 Å². The first-order valence-corrected chi connectivity index (χ1v) is 9.53. The highest BCUT2D eigenvalue weighted by atomic mass is 79.9. The minimum atomic E-state index is -0.366. The van der Waals surface area contributed by atoms with Gasteiger partial charge in [0.2, 0.25) is 0 Å². The molecule has 0 radical (unpaired) electrons. The number of carbonyl (C=O) groups is 1. The zero-order chi connectivity index (χ0) is 19.8. The van der Waals surface area contributed by atoms with Crippen LogP contribution in [-0.4, -0.2) is 22.5 Å². The van der Waals surface area contributed by atoms with E-state index in [1.165, 1.54) is 6.92 Å². The molecule has 0 bridgehead atoms. The largest absolute Gasteiger partial charge is 0.488 e. The molecule has 0 fully saturated rings. The number of esters is 1. The number of nitrogens with zero attached hydrogens (tertiary/aromatic N) is 2. The summed E-state index contributed by atoms with van der Waals surface area (Å²) in [5, 5.41) is 0. The van der Waals surface area contributed by atoms with Gasteiger partial charge in [0.25, 0.3) is 5.88 Å². The molecule has 0 unspecified atom stereocenters. The molecular weight excluding hydrogens is 424 g/mol. The monoisotopic (exact) mass is 442 g/mol. The van der Waals surface area contributed by atoms with E-state index in [-0.39, 0.29) is 5.97 Å². The first-order valence-electron chi connectivity index (χ1n) is 8.74. The Morgan fingerprint density at radius 3 is 2.82 bits per heavy atom. The van der Waals surface area contributed by atoms with E-state index in [9.17, 15) is 4.79 Å². The standard InChI is InChI=1S/C21H19BrN2O4/c1-15(25)27-20-14-23-11-9-16(20)5-4-12-26-19-8-3-10-24-21(19)28-18-7-2-6-17(22)13-18/h2-3,6-11,13-14H,4-5,12H2,1H3. The first-order chi connectivity index (χ1) is 13.6. The molecule has 144 valence electrons. The molecule has 7 heteroatoms. The number of ether oxygens (including phenoxy) is 3. The van der Waals surface area contributed by atoms with E-state index in [2.05, 4.69) is 25.9 Å². The SMILES string of the molecule is CC(=O)Oc1cnccc1CCCOc1cccnc1Oc1cccc(Br)c1. The van der Waals surface area contributed by atoms with Crippen LogP contribution in [0.25, 0.3) is 0 Å². The number of benzene rings is 1. The Bertz CT molecular complexity index is 949. The van der Waals surface area contributed by atoms with Crippen molar-refractivity contribution in [2.24, 2.45) is 0 Å². The highest BCUT2D eigenvalue weighted by molar-refractivity contribution is 9.10. The van der Waals surface area contributed by atoms with Crippen LogP contribution in [0.4, 0.5) is 0 Å². The predicted octanol–water partition coefficient (Wildman–Crippen LogP) is 4.97. The molecule has 28 heavy (non-hydrogen) atoms. The second kappa shape index (κ2) is 9.85. The molecule has 3 rings (SSSR count). The summed E-state index contributed by atoms with van der Waals surface area (Å²) in [7, 11) is 0. The number of pyridine rings is 2. The fourth-order valence-electron chi connectivity index (χ4n) is 2.51. The topological polar surface area (TPSA) is 70.5 Å². The maximum atomic E-state index is 11.2. The number of carbonyl (C=O) groups excluding carboxylic acids is 1.